The Morgan fingerprint density at radius 1 is 1.53 bits per heavy atom. The van der Waals surface area contributed by atoms with Gasteiger partial charge in [-0.1, -0.05) is 0 Å². The maximum atomic E-state index is 5.16. The van der Waals surface area contributed by atoms with Crippen LogP contribution in [0.15, 0.2) is 18.6 Å². The Kier molecular flexibility index (Phi) is 2.82. The van der Waals surface area contributed by atoms with E-state index in [-0.39, 0.29) is 0 Å². The van der Waals surface area contributed by atoms with Crippen LogP contribution in [-0.2, 0) is 6.42 Å². The lowest BCUT2D eigenvalue weighted by molar-refractivity contribution is 0.399. The van der Waals surface area contributed by atoms with Crippen molar-refractivity contribution in [1.82, 2.24) is 19.9 Å². The summed E-state index contributed by atoms with van der Waals surface area (Å²) in [6.07, 6.45) is 4.47. The average Bonchev–Trinajstić information content (AvgIpc) is 2.68. The van der Waals surface area contributed by atoms with Crippen molar-refractivity contribution in [2.45, 2.75) is 6.42 Å². The summed E-state index contributed by atoms with van der Waals surface area (Å²) in [5.74, 6) is 0.612. The van der Waals surface area contributed by atoms with Crippen molar-refractivity contribution in [3.05, 3.63) is 24.2 Å². The van der Waals surface area contributed by atoms with Crippen LogP contribution in [0.25, 0.3) is 5.52 Å². The second kappa shape index (κ2) is 4.27. The van der Waals surface area contributed by atoms with Gasteiger partial charge in [0.25, 0.3) is 0 Å². The van der Waals surface area contributed by atoms with Gasteiger partial charge in [-0.05, 0) is 31.6 Å². The largest absolute Gasteiger partial charge is 0.479 e. The molecule has 1 N–H and O–H groups in total. The molecule has 0 amide bonds. The summed E-state index contributed by atoms with van der Waals surface area (Å²) in [7, 11) is 3.55. The molecule has 0 fully saturated rings. The standard InChI is InChI=1S/C10H14N4O/c1-11-4-3-8-5-9-10(15-2)12-7-13-14(9)6-8/h5-7,11H,3-4H2,1-2H3. The van der Waals surface area contributed by atoms with E-state index < -0.39 is 0 Å². The Morgan fingerprint density at radius 2 is 2.40 bits per heavy atom. The van der Waals surface area contributed by atoms with Gasteiger partial charge in [0.2, 0.25) is 5.88 Å². The van der Waals surface area contributed by atoms with E-state index in [0.717, 1.165) is 18.5 Å². The highest BCUT2D eigenvalue weighted by Gasteiger charge is 2.06. The van der Waals surface area contributed by atoms with Gasteiger partial charge >= 0.3 is 0 Å². The van der Waals surface area contributed by atoms with Crippen LogP contribution in [0.3, 0.4) is 0 Å². The van der Waals surface area contributed by atoms with Gasteiger partial charge in [-0.15, -0.1) is 0 Å². The highest BCUT2D eigenvalue weighted by atomic mass is 16.5. The summed E-state index contributed by atoms with van der Waals surface area (Å²) in [5.41, 5.74) is 2.13. The first-order valence-electron chi connectivity index (χ1n) is 4.86. The first kappa shape index (κ1) is 9.92. The van der Waals surface area contributed by atoms with Gasteiger partial charge in [-0.25, -0.2) is 4.52 Å². The van der Waals surface area contributed by atoms with E-state index in [9.17, 15) is 0 Å². The summed E-state index contributed by atoms with van der Waals surface area (Å²) < 4.78 is 6.95. The fourth-order valence-electron chi connectivity index (χ4n) is 1.52. The van der Waals surface area contributed by atoms with E-state index in [2.05, 4.69) is 21.5 Å². The number of ether oxygens (including phenoxy) is 1. The fraction of sp³-hybridized carbons (Fsp3) is 0.400. The number of hydrogen-bond acceptors (Lipinski definition) is 4. The lowest BCUT2D eigenvalue weighted by Crippen LogP contribution is -2.09. The van der Waals surface area contributed by atoms with Gasteiger partial charge in [0.05, 0.1) is 7.11 Å². The molecule has 15 heavy (non-hydrogen) atoms. The summed E-state index contributed by atoms with van der Waals surface area (Å²) >= 11 is 0. The number of hydrogen-bond donors (Lipinski definition) is 1. The summed E-state index contributed by atoms with van der Waals surface area (Å²) in [4.78, 5) is 4.05. The Balaban J connectivity index is 2.37. The minimum atomic E-state index is 0.612. The molecule has 2 aromatic heterocycles. The van der Waals surface area contributed by atoms with Crippen LogP contribution in [-0.4, -0.2) is 35.3 Å². The van der Waals surface area contributed by atoms with Crippen molar-refractivity contribution in [1.29, 1.82) is 0 Å². The molecular formula is C10H14N4O. The van der Waals surface area contributed by atoms with Crippen molar-refractivity contribution in [3.63, 3.8) is 0 Å². The van der Waals surface area contributed by atoms with Crippen LogP contribution < -0.4 is 10.1 Å². The van der Waals surface area contributed by atoms with Gasteiger partial charge in [0.15, 0.2) is 0 Å². The summed E-state index contributed by atoms with van der Waals surface area (Å²) in [6, 6.07) is 2.05. The Bertz CT molecular complexity index is 452. The Morgan fingerprint density at radius 3 is 3.13 bits per heavy atom. The smallest absolute Gasteiger partial charge is 0.241 e. The highest BCUT2D eigenvalue weighted by Crippen LogP contribution is 2.17. The third-order valence-electron chi connectivity index (χ3n) is 2.28. The topological polar surface area (TPSA) is 51.5 Å². The molecule has 0 radical (unpaired) electrons. The van der Waals surface area contributed by atoms with E-state index >= 15 is 0 Å². The number of methoxy groups -OCH3 is 1. The SMILES string of the molecule is CNCCc1cc2c(OC)ncnn2c1. The molecule has 0 saturated heterocycles. The van der Waals surface area contributed by atoms with Crippen LogP contribution in [0.2, 0.25) is 0 Å². The zero-order chi connectivity index (χ0) is 10.7. The number of aromatic nitrogens is 3. The fourth-order valence-corrected chi connectivity index (χ4v) is 1.52. The molecular weight excluding hydrogens is 192 g/mol. The molecule has 0 saturated carbocycles. The van der Waals surface area contributed by atoms with Crippen molar-refractivity contribution >= 4 is 5.52 Å². The molecule has 0 aliphatic heterocycles. The van der Waals surface area contributed by atoms with Crippen LogP contribution in [0.5, 0.6) is 5.88 Å². The third-order valence-corrected chi connectivity index (χ3v) is 2.28. The molecule has 0 spiro atoms. The number of likely N-dealkylation sites (N-methyl/N-ethyl adjacent to an activating group) is 1. The van der Waals surface area contributed by atoms with Crippen molar-refractivity contribution in [3.8, 4) is 5.88 Å². The van der Waals surface area contributed by atoms with Gasteiger partial charge in [0.1, 0.15) is 11.8 Å². The van der Waals surface area contributed by atoms with E-state index in [1.54, 1.807) is 11.6 Å². The van der Waals surface area contributed by atoms with E-state index in [4.69, 9.17) is 4.74 Å². The lowest BCUT2D eigenvalue weighted by Gasteiger charge is -1.98. The quantitative estimate of drug-likeness (QED) is 0.791. The molecule has 0 unspecified atom stereocenters. The predicted molar refractivity (Wildman–Crippen MR) is 57.2 cm³/mol. The van der Waals surface area contributed by atoms with Gasteiger partial charge in [-0.3, -0.25) is 0 Å². The monoisotopic (exact) mass is 206 g/mol. The Hall–Kier alpha value is -1.62. The van der Waals surface area contributed by atoms with Crippen LogP contribution in [0.4, 0.5) is 0 Å². The molecule has 5 heteroatoms. The molecule has 0 aliphatic rings. The molecule has 0 bridgehead atoms. The zero-order valence-corrected chi connectivity index (χ0v) is 8.90. The molecule has 0 aromatic carbocycles. The van der Waals surface area contributed by atoms with Crippen molar-refractivity contribution in [2.75, 3.05) is 20.7 Å². The average molecular weight is 206 g/mol. The van der Waals surface area contributed by atoms with E-state index in [1.807, 2.05) is 13.2 Å². The number of nitrogens with zero attached hydrogens (tertiary/aromatic N) is 3. The van der Waals surface area contributed by atoms with Crippen molar-refractivity contribution < 1.29 is 4.74 Å². The van der Waals surface area contributed by atoms with E-state index in [0.29, 0.717) is 5.88 Å². The number of fused-ring (bicyclic) bond motifs is 1. The normalized spacial score (nSPS) is 10.8. The third kappa shape index (κ3) is 1.92. The highest BCUT2D eigenvalue weighted by molar-refractivity contribution is 5.57. The van der Waals surface area contributed by atoms with Gasteiger partial charge < -0.3 is 10.1 Å². The minimum absolute atomic E-state index is 0.612. The lowest BCUT2D eigenvalue weighted by atomic mass is 10.2. The van der Waals surface area contributed by atoms with Gasteiger partial charge in [-0.2, -0.15) is 10.1 Å². The summed E-state index contributed by atoms with van der Waals surface area (Å²) in [5, 5.41) is 7.24. The second-order valence-electron chi connectivity index (χ2n) is 3.30. The Labute approximate surface area is 88.1 Å². The minimum Gasteiger partial charge on any atom is -0.479 e. The second-order valence-corrected chi connectivity index (χ2v) is 3.30. The van der Waals surface area contributed by atoms with Crippen LogP contribution in [0.1, 0.15) is 5.56 Å². The molecule has 0 aliphatic carbocycles. The maximum absolute atomic E-state index is 5.16. The number of nitrogens with one attached hydrogen (secondary N) is 1. The molecule has 2 heterocycles. The van der Waals surface area contributed by atoms with Gasteiger partial charge in [0, 0.05) is 6.20 Å². The first-order chi connectivity index (χ1) is 7.35. The van der Waals surface area contributed by atoms with Crippen molar-refractivity contribution in [2.24, 2.45) is 0 Å². The molecule has 2 aromatic rings. The first-order valence-corrected chi connectivity index (χ1v) is 4.86. The molecule has 2 rings (SSSR count). The zero-order valence-electron chi connectivity index (χ0n) is 8.90. The molecule has 80 valence electrons. The van der Waals surface area contributed by atoms with Crippen LogP contribution >= 0.6 is 0 Å². The maximum Gasteiger partial charge on any atom is 0.241 e. The van der Waals surface area contributed by atoms with Crippen LogP contribution in [0, 0.1) is 0 Å². The van der Waals surface area contributed by atoms with E-state index in [1.165, 1.54) is 11.9 Å². The molecule has 0 atom stereocenters. The number of rotatable bonds is 4. The predicted octanol–water partition coefficient (Wildman–Crippen LogP) is 0.500. The summed E-state index contributed by atoms with van der Waals surface area (Å²) in [6.45, 7) is 0.951. The molecule has 5 nitrogen and oxygen atoms in total.